The van der Waals surface area contributed by atoms with Gasteiger partial charge in [-0.15, -0.1) is 12.4 Å². The molecule has 3 rings (SSSR count). The number of methoxy groups -OCH3 is 3. The quantitative estimate of drug-likeness (QED) is 0.376. The van der Waals surface area contributed by atoms with Crippen LogP contribution in [0.5, 0.6) is 23.0 Å². The van der Waals surface area contributed by atoms with Crippen LogP contribution in [0.4, 0.5) is 0 Å². The van der Waals surface area contributed by atoms with Crippen LogP contribution in [0.1, 0.15) is 29.7 Å². The van der Waals surface area contributed by atoms with E-state index in [-0.39, 0.29) is 18.4 Å². The molecule has 7 heteroatoms. The fourth-order valence-electron chi connectivity index (χ4n) is 3.77. The lowest BCUT2D eigenvalue weighted by Gasteiger charge is -2.21. The molecule has 0 aliphatic carbocycles. The molecule has 2 N–H and O–H groups in total. The second-order valence-corrected chi connectivity index (χ2v) is 7.83. The largest absolute Gasteiger partial charge is 0.493 e. The number of halogens is 1. The molecule has 0 saturated carbocycles. The van der Waals surface area contributed by atoms with Gasteiger partial charge in [0.15, 0.2) is 11.5 Å². The summed E-state index contributed by atoms with van der Waals surface area (Å²) in [5.74, 6) is 2.55. The van der Waals surface area contributed by atoms with Gasteiger partial charge in [0.05, 0.1) is 27.4 Å². The Morgan fingerprint density at radius 3 is 2.15 bits per heavy atom. The van der Waals surface area contributed by atoms with E-state index in [1.807, 2.05) is 66.7 Å². The summed E-state index contributed by atoms with van der Waals surface area (Å²) in [6.07, 6.45) is -0.00528. The molecule has 0 amide bonds. The molecule has 0 aliphatic rings. The van der Waals surface area contributed by atoms with Crippen LogP contribution in [0, 0.1) is 0 Å². The Morgan fingerprint density at radius 1 is 0.794 bits per heavy atom. The summed E-state index contributed by atoms with van der Waals surface area (Å²) in [6, 6.07) is 21.5. The number of para-hydroxylation sites is 1. The second-order valence-electron chi connectivity index (χ2n) is 7.83. The van der Waals surface area contributed by atoms with E-state index in [1.54, 1.807) is 21.3 Å². The summed E-state index contributed by atoms with van der Waals surface area (Å²) < 4.78 is 22.4. The molecule has 0 heterocycles. The van der Waals surface area contributed by atoms with Gasteiger partial charge in [-0.3, -0.25) is 0 Å². The van der Waals surface area contributed by atoms with Crippen molar-refractivity contribution in [3.05, 3.63) is 83.4 Å². The third-order valence-electron chi connectivity index (χ3n) is 5.49. The van der Waals surface area contributed by atoms with Crippen LogP contribution in [0.25, 0.3) is 0 Å². The Morgan fingerprint density at radius 2 is 1.47 bits per heavy atom. The Kier molecular flexibility index (Phi) is 11.0. The van der Waals surface area contributed by atoms with E-state index >= 15 is 0 Å². The number of aliphatic hydroxyl groups is 1. The first-order valence-corrected chi connectivity index (χ1v) is 11.0. The summed E-state index contributed by atoms with van der Waals surface area (Å²) in [6.45, 7) is 2.91. The molecule has 2 unspecified atom stereocenters. The van der Waals surface area contributed by atoms with Gasteiger partial charge in [0.2, 0.25) is 5.75 Å². The topological polar surface area (TPSA) is 69.2 Å². The van der Waals surface area contributed by atoms with Gasteiger partial charge in [-0.2, -0.15) is 0 Å². The van der Waals surface area contributed by atoms with Crippen LogP contribution in [0.3, 0.4) is 0 Å². The highest BCUT2D eigenvalue weighted by Gasteiger charge is 2.19. The van der Waals surface area contributed by atoms with Crippen LogP contribution < -0.4 is 24.3 Å². The van der Waals surface area contributed by atoms with Crippen molar-refractivity contribution in [1.29, 1.82) is 0 Å². The fourth-order valence-corrected chi connectivity index (χ4v) is 3.77. The third kappa shape index (κ3) is 7.03. The average molecular weight is 488 g/mol. The summed E-state index contributed by atoms with van der Waals surface area (Å²) in [5.41, 5.74) is 2.84. The number of benzene rings is 3. The van der Waals surface area contributed by atoms with E-state index in [2.05, 4.69) is 12.2 Å². The van der Waals surface area contributed by atoms with Gasteiger partial charge in [-0.05, 0) is 36.6 Å². The van der Waals surface area contributed by atoms with E-state index < -0.39 is 6.10 Å². The first-order valence-electron chi connectivity index (χ1n) is 11.0. The molecule has 0 fully saturated rings. The number of rotatable bonds is 12. The minimum Gasteiger partial charge on any atom is -0.493 e. The number of aliphatic hydroxyl groups excluding tert-OH is 1. The van der Waals surface area contributed by atoms with Crippen molar-refractivity contribution in [1.82, 2.24) is 5.32 Å². The molecule has 34 heavy (non-hydrogen) atoms. The van der Waals surface area contributed by atoms with Crippen LogP contribution in [0.2, 0.25) is 0 Å². The van der Waals surface area contributed by atoms with E-state index in [0.29, 0.717) is 42.6 Å². The Bertz CT molecular complexity index is 1020. The molecule has 184 valence electrons. The SMILES string of the molecule is COc1ccc(CC(C)NCC(O)c2ccccc2OCc2ccccc2)c(OC)c1OC.Cl. The number of nitrogens with one attached hydrogen (secondary N) is 1. The zero-order chi connectivity index (χ0) is 23.6. The van der Waals surface area contributed by atoms with Gasteiger partial charge in [0.25, 0.3) is 0 Å². The summed E-state index contributed by atoms with van der Waals surface area (Å²) in [5, 5.41) is 14.3. The van der Waals surface area contributed by atoms with E-state index in [0.717, 1.165) is 16.7 Å². The minimum atomic E-state index is -0.702. The van der Waals surface area contributed by atoms with Crippen molar-refractivity contribution in [2.45, 2.75) is 32.1 Å². The number of hydrogen-bond acceptors (Lipinski definition) is 6. The van der Waals surface area contributed by atoms with Gasteiger partial charge in [0, 0.05) is 18.2 Å². The summed E-state index contributed by atoms with van der Waals surface area (Å²) in [7, 11) is 4.82. The number of hydrogen-bond donors (Lipinski definition) is 2. The molecule has 3 aromatic carbocycles. The summed E-state index contributed by atoms with van der Waals surface area (Å²) in [4.78, 5) is 0. The molecule has 0 bridgehead atoms. The highest BCUT2D eigenvalue weighted by molar-refractivity contribution is 5.85. The average Bonchev–Trinajstić information content (AvgIpc) is 2.86. The van der Waals surface area contributed by atoms with Crippen LogP contribution in [0.15, 0.2) is 66.7 Å². The predicted octanol–water partition coefficient (Wildman–Crippen LogP) is 4.97. The first kappa shape index (κ1) is 27.3. The van der Waals surface area contributed by atoms with Crippen molar-refractivity contribution < 1.29 is 24.1 Å². The second kappa shape index (κ2) is 13.7. The van der Waals surface area contributed by atoms with Crippen molar-refractivity contribution in [2.24, 2.45) is 0 Å². The molecule has 0 radical (unpaired) electrons. The van der Waals surface area contributed by atoms with Crippen molar-refractivity contribution in [3.8, 4) is 23.0 Å². The zero-order valence-corrected chi connectivity index (χ0v) is 20.9. The molecular formula is C27H34ClNO5. The van der Waals surface area contributed by atoms with Crippen molar-refractivity contribution in [3.63, 3.8) is 0 Å². The van der Waals surface area contributed by atoms with E-state index in [9.17, 15) is 5.11 Å². The Balaban J connectivity index is 0.00000408. The smallest absolute Gasteiger partial charge is 0.203 e. The van der Waals surface area contributed by atoms with Gasteiger partial charge in [-0.1, -0.05) is 54.6 Å². The number of ether oxygens (including phenoxy) is 4. The zero-order valence-electron chi connectivity index (χ0n) is 20.1. The Labute approximate surface area is 208 Å². The van der Waals surface area contributed by atoms with Crippen molar-refractivity contribution in [2.75, 3.05) is 27.9 Å². The molecule has 0 aliphatic heterocycles. The van der Waals surface area contributed by atoms with Gasteiger partial charge < -0.3 is 29.4 Å². The predicted molar refractivity (Wildman–Crippen MR) is 137 cm³/mol. The molecule has 2 atom stereocenters. The highest BCUT2D eigenvalue weighted by Crippen LogP contribution is 2.40. The molecule has 6 nitrogen and oxygen atoms in total. The van der Waals surface area contributed by atoms with Crippen LogP contribution in [-0.2, 0) is 13.0 Å². The maximum Gasteiger partial charge on any atom is 0.203 e. The standard InChI is InChI=1S/C27H33NO5.ClH/c1-19(16-21-14-15-25(30-2)27(32-4)26(21)31-3)28-17-23(29)22-12-8-9-13-24(22)33-18-20-10-6-5-7-11-20;/h5-15,19,23,28-29H,16-18H2,1-4H3;1H. The lowest BCUT2D eigenvalue weighted by Crippen LogP contribution is -2.32. The maximum absolute atomic E-state index is 10.9. The molecule has 0 aromatic heterocycles. The van der Waals surface area contributed by atoms with Crippen LogP contribution in [-0.4, -0.2) is 39.0 Å². The maximum atomic E-state index is 10.9. The molecule has 0 spiro atoms. The normalized spacial score (nSPS) is 12.3. The van der Waals surface area contributed by atoms with Gasteiger partial charge in [-0.25, -0.2) is 0 Å². The minimum absolute atomic E-state index is 0. The lowest BCUT2D eigenvalue weighted by atomic mass is 10.0. The molecule has 0 saturated heterocycles. The fraction of sp³-hybridized carbons (Fsp3) is 0.333. The summed E-state index contributed by atoms with van der Waals surface area (Å²) >= 11 is 0. The van der Waals surface area contributed by atoms with Crippen LogP contribution >= 0.6 is 12.4 Å². The van der Waals surface area contributed by atoms with Gasteiger partial charge in [0.1, 0.15) is 12.4 Å². The molecular weight excluding hydrogens is 454 g/mol. The van der Waals surface area contributed by atoms with E-state index in [1.165, 1.54) is 0 Å². The lowest BCUT2D eigenvalue weighted by molar-refractivity contribution is 0.163. The highest BCUT2D eigenvalue weighted by atomic mass is 35.5. The monoisotopic (exact) mass is 487 g/mol. The first-order chi connectivity index (χ1) is 16.1. The van der Waals surface area contributed by atoms with Crippen molar-refractivity contribution >= 4 is 12.4 Å². The molecule has 3 aromatic rings. The van der Waals surface area contributed by atoms with E-state index in [4.69, 9.17) is 18.9 Å². The third-order valence-corrected chi connectivity index (χ3v) is 5.49. The van der Waals surface area contributed by atoms with Gasteiger partial charge >= 0.3 is 0 Å². The Hall–Kier alpha value is -2.93.